The summed E-state index contributed by atoms with van der Waals surface area (Å²) in [6.07, 6.45) is 5.86. The lowest BCUT2D eigenvalue weighted by Crippen LogP contribution is -2.40. The molecule has 0 saturated carbocycles. The van der Waals surface area contributed by atoms with Crippen molar-refractivity contribution in [1.82, 2.24) is 34.8 Å². The molecule has 0 bridgehead atoms. The molecule has 11 nitrogen and oxygen atoms in total. The van der Waals surface area contributed by atoms with Gasteiger partial charge in [-0.25, -0.2) is 24.7 Å². The minimum absolute atomic E-state index is 0.230. The molecule has 0 unspecified atom stereocenters. The molecule has 0 spiro atoms. The van der Waals surface area contributed by atoms with Crippen molar-refractivity contribution < 1.29 is 14.3 Å². The standard InChI is InChI=1S/C22H24N8O3/c1-5-33-21(32)28-20-26-15-10-13(9-14(17(15)27-20)18-23-7-6-8-24-18)30-11-16(25-12-30)19(31)29-22(2,3)4/h6-12H,5H2,1-4H3,(H,29,31)(H2,26,27,28,32). The molecule has 3 aromatic heterocycles. The number of rotatable bonds is 5. The minimum atomic E-state index is -0.613. The smallest absolute Gasteiger partial charge is 0.413 e. The van der Waals surface area contributed by atoms with E-state index in [-0.39, 0.29) is 29.7 Å². The molecule has 170 valence electrons. The molecule has 2 amide bonds. The summed E-state index contributed by atoms with van der Waals surface area (Å²) in [6.45, 7) is 7.67. The van der Waals surface area contributed by atoms with E-state index in [4.69, 9.17) is 4.74 Å². The quantitative estimate of drug-likeness (QED) is 0.425. The highest BCUT2D eigenvalue weighted by Crippen LogP contribution is 2.29. The van der Waals surface area contributed by atoms with Crippen LogP contribution in [0.2, 0.25) is 0 Å². The number of aromatic nitrogens is 6. The SMILES string of the molecule is CCOC(=O)Nc1nc2c(-c3ncccn3)cc(-n3cnc(C(=O)NC(C)(C)C)c3)cc2[nH]1. The van der Waals surface area contributed by atoms with Crippen LogP contribution < -0.4 is 10.6 Å². The van der Waals surface area contributed by atoms with E-state index in [1.54, 1.807) is 42.5 Å². The molecule has 11 heteroatoms. The maximum atomic E-state index is 12.5. The summed E-state index contributed by atoms with van der Waals surface area (Å²) in [5.74, 6) is 0.425. The molecule has 33 heavy (non-hydrogen) atoms. The number of carbonyl (C=O) groups is 2. The van der Waals surface area contributed by atoms with Gasteiger partial charge in [0.15, 0.2) is 5.82 Å². The van der Waals surface area contributed by atoms with Crippen LogP contribution in [0.4, 0.5) is 10.7 Å². The van der Waals surface area contributed by atoms with Gasteiger partial charge < -0.3 is 19.6 Å². The highest BCUT2D eigenvalue weighted by Gasteiger charge is 2.19. The first-order chi connectivity index (χ1) is 15.7. The maximum absolute atomic E-state index is 12.5. The van der Waals surface area contributed by atoms with Gasteiger partial charge in [0.2, 0.25) is 5.95 Å². The fraction of sp³-hybridized carbons (Fsp3) is 0.273. The Hall–Kier alpha value is -4.28. The third-order valence-corrected chi connectivity index (χ3v) is 4.48. The Labute approximate surface area is 189 Å². The molecule has 3 N–H and O–H groups in total. The van der Waals surface area contributed by atoms with E-state index in [1.807, 2.05) is 32.9 Å². The Morgan fingerprint density at radius 3 is 2.61 bits per heavy atom. The van der Waals surface area contributed by atoms with Gasteiger partial charge in [-0.05, 0) is 45.9 Å². The fourth-order valence-corrected chi connectivity index (χ4v) is 3.17. The van der Waals surface area contributed by atoms with E-state index in [9.17, 15) is 9.59 Å². The zero-order chi connectivity index (χ0) is 23.6. The van der Waals surface area contributed by atoms with Crippen molar-refractivity contribution in [2.75, 3.05) is 11.9 Å². The molecule has 0 fully saturated rings. The lowest BCUT2D eigenvalue weighted by Gasteiger charge is -2.19. The van der Waals surface area contributed by atoms with Gasteiger partial charge in [0.05, 0.1) is 12.1 Å². The Morgan fingerprint density at radius 2 is 1.91 bits per heavy atom. The fourth-order valence-electron chi connectivity index (χ4n) is 3.17. The predicted molar refractivity (Wildman–Crippen MR) is 122 cm³/mol. The van der Waals surface area contributed by atoms with Crippen molar-refractivity contribution in [1.29, 1.82) is 0 Å². The molecule has 0 aliphatic rings. The van der Waals surface area contributed by atoms with Gasteiger partial charge in [-0.2, -0.15) is 0 Å². The molecule has 1 aromatic carbocycles. The van der Waals surface area contributed by atoms with Gasteiger partial charge in [-0.3, -0.25) is 10.1 Å². The van der Waals surface area contributed by atoms with Crippen molar-refractivity contribution in [3.63, 3.8) is 0 Å². The van der Waals surface area contributed by atoms with Crippen molar-refractivity contribution in [2.45, 2.75) is 33.2 Å². The lowest BCUT2D eigenvalue weighted by atomic mass is 10.1. The van der Waals surface area contributed by atoms with Crippen LogP contribution in [0.25, 0.3) is 28.1 Å². The Kier molecular flexibility index (Phi) is 5.78. The van der Waals surface area contributed by atoms with Crippen LogP contribution in [0.3, 0.4) is 0 Å². The van der Waals surface area contributed by atoms with Crippen molar-refractivity contribution in [2.24, 2.45) is 0 Å². The number of benzene rings is 1. The summed E-state index contributed by atoms with van der Waals surface area (Å²) in [6, 6.07) is 5.40. The number of anilines is 1. The first kappa shape index (κ1) is 21.9. The van der Waals surface area contributed by atoms with Gasteiger partial charge in [-0.15, -0.1) is 0 Å². The zero-order valence-electron chi connectivity index (χ0n) is 18.7. The third-order valence-electron chi connectivity index (χ3n) is 4.48. The third kappa shape index (κ3) is 4.97. The monoisotopic (exact) mass is 448 g/mol. The molecule has 0 aliphatic carbocycles. The number of ether oxygens (including phenoxy) is 1. The van der Waals surface area contributed by atoms with Gasteiger partial charge in [-0.1, -0.05) is 0 Å². The second kappa shape index (κ2) is 8.69. The molecular weight excluding hydrogens is 424 g/mol. The summed E-state index contributed by atoms with van der Waals surface area (Å²) >= 11 is 0. The van der Waals surface area contributed by atoms with E-state index in [2.05, 4.69) is 35.6 Å². The number of hydrogen-bond donors (Lipinski definition) is 3. The summed E-state index contributed by atoms with van der Waals surface area (Å²) in [5, 5.41) is 5.47. The van der Waals surface area contributed by atoms with Crippen LogP contribution in [0.1, 0.15) is 38.2 Å². The molecule has 0 aliphatic heterocycles. The second-order valence-corrected chi connectivity index (χ2v) is 8.26. The Balaban J connectivity index is 1.77. The minimum Gasteiger partial charge on any atom is -0.450 e. The molecule has 4 aromatic rings. The Bertz CT molecular complexity index is 1300. The number of nitrogens with one attached hydrogen (secondary N) is 3. The summed E-state index contributed by atoms with van der Waals surface area (Å²) in [7, 11) is 0. The molecule has 0 radical (unpaired) electrons. The van der Waals surface area contributed by atoms with Gasteiger partial charge >= 0.3 is 6.09 Å². The normalized spacial score (nSPS) is 11.4. The average Bonchev–Trinajstić information content (AvgIpc) is 3.39. The van der Waals surface area contributed by atoms with Gasteiger partial charge in [0.25, 0.3) is 5.91 Å². The van der Waals surface area contributed by atoms with Crippen molar-refractivity contribution in [3.8, 4) is 17.1 Å². The van der Waals surface area contributed by atoms with Crippen LogP contribution >= 0.6 is 0 Å². The largest absolute Gasteiger partial charge is 0.450 e. The number of H-pyrrole nitrogens is 1. The lowest BCUT2D eigenvalue weighted by molar-refractivity contribution is 0.0914. The number of fused-ring (bicyclic) bond motifs is 1. The number of nitrogens with zero attached hydrogens (tertiary/aromatic N) is 5. The van der Waals surface area contributed by atoms with E-state index in [0.29, 0.717) is 28.1 Å². The summed E-state index contributed by atoms with van der Waals surface area (Å²) in [4.78, 5) is 44.8. The van der Waals surface area contributed by atoms with E-state index < -0.39 is 6.09 Å². The topological polar surface area (TPSA) is 140 Å². The van der Waals surface area contributed by atoms with Crippen molar-refractivity contribution >= 4 is 29.0 Å². The van der Waals surface area contributed by atoms with Crippen LogP contribution in [-0.2, 0) is 4.74 Å². The summed E-state index contributed by atoms with van der Waals surface area (Å²) in [5.41, 5.74) is 2.47. The number of aromatic amines is 1. The van der Waals surface area contributed by atoms with E-state index >= 15 is 0 Å². The molecule has 0 saturated heterocycles. The second-order valence-electron chi connectivity index (χ2n) is 8.26. The van der Waals surface area contributed by atoms with Gasteiger partial charge in [0, 0.05) is 35.4 Å². The van der Waals surface area contributed by atoms with Crippen LogP contribution in [-0.4, -0.2) is 53.6 Å². The van der Waals surface area contributed by atoms with Crippen LogP contribution in [0, 0.1) is 0 Å². The van der Waals surface area contributed by atoms with E-state index in [1.165, 1.54) is 0 Å². The van der Waals surface area contributed by atoms with Crippen LogP contribution in [0.15, 0.2) is 43.1 Å². The van der Waals surface area contributed by atoms with Crippen molar-refractivity contribution in [3.05, 3.63) is 48.8 Å². The predicted octanol–water partition coefficient (Wildman–Crippen LogP) is 3.30. The van der Waals surface area contributed by atoms with Crippen LogP contribution in [0.5, 0.6) is 0 Å². The molecule has 4 rings (SSSR count). The average molecular weight is 448 g/mol. The number of amides is 2. The van der Waals surface area contributed by atoms with E-state index in [0.717, 1.165) is 0 Å². The molecule has 3 heterocycles. The summed E-state index contributed by atoms with van der Waals surface area (Å²) < 4.78 is 6.65. The molecule has 0 atom stereocenters. The number of imidazole rings is 2. The first-order valence-corrected chi connectivity index (χ1v) is 10.4. The first-order valence-electron chi connectivity index (χ1n) is 10.4. The molecular formula is C22H24N8O3. The highest BCUT2D eigenvalue weighted by molar-refractivity contribution is 5.95. The number of carbonyl (C=O) groups excluding carboxylic acids is 2. The van der Waals surface area contributed by atoms with Gasteiger partial charge in [0.1, 0.15) is 17.5 Å². The Morgan fingerprint density at radius 1 is 1.15 bits per heavy atom. The number of hydrogen-bond acceptors (Lipinski definition) is 7. The maximum Gasteiger partial charge on any atom is 0.413 e. The highest BCUT2D eigenvalue weighted by atomic mass is 16.5. The zero-order valence-corrected chi connectivity index (χ0v) is 18.7.